The van der Waals surface area contributed by atoms with Crippen LogP contribution < -0.4 is 9.80 Å². The van der Waals surface area contributed by atoms with Gasteiger partial charge in [0.05, 0.1) is 12.6 Å². The summed E-state index contributed by atoms with van der Waals surface area (Å²) in [4.78, 5) is 15.1. The second-order valence-electron chi connectivity index (χ2n) is 5.63. The number of rotatable bonds is 4. The summed E-state index contributed by atoms with van der Waals surface area (Å²) in [7, 11) is 2.23. The molecule has 2 N–H and O–H groups in total. The smallest absolute Gasteiger partial charge is 0.338 e. The number of esters is 1. The highest BCUT2D eigenvalue weighted by atomic mass is 79.9. The van der Waals surface area contributed by atoms with Crippen molar-refractivity contribution in [2.75, 3.05) is 39.8 Å². The predicted molar refractivity (Wildman–Crippen MR) is 81.2 cm³/mol. The average Bonchev–Trinajstić information content (AvgIpc) is 2.42. The van der Waals surface area contributed by atoms with Gasteiger partial charge in [0.25, 0.3) is 0 Å². The highest BCUT2D eigenvalue weighted by molar-refractivity contribution is 9.10. The lowest BCUT2D eigenvalue weighted by Crippen LogP contribution is -3.27. The van der Waals surface area contributed by atoms with E-state index >= 15 is 0 Å². The van der Waals surface area contributed by atoms with Crippen LogP contribution in [0.1, 0.15) is 17.3 Å². The minimum atomic E-state index is -0.232. The molecule has 1 aromatic carbocycles. The Balaban J connectivity index is 1.80. The summed E-state index contributed by atoms with van der Waals surface area (Å²) in [5.74, 6) is -0.232. The number of piperazine rings is 1. The topological polar surface area (TPSA) is 35.2 Å². The first-order chi connectivity index (χ1) is 9.54. The molecule has 4 nitrogen and oxygen atoms in total. The number of halogens is 1. The number of benzene rings is 1. The van der Waals surface area contributed by atoms with Crippen molar-refractivity contribution in [1.82, 2.24) is 0 Å². The Kier molecular flexibility index (Phi) is 5.57. The molecule has 0 saturated carbocycles. The molecule has 1 fully saturated rings. The summed E-state index contributed by atoms with van der Waals surface area (Å²) in [6.45, 7) is 7.59. The summed E-state index contributed by atoms with van der Waals surface area (Å²) in [6.07, 6.45) is -0.0421. The van der Waals surface area contributed by atoms with Gasteiger partial charge in [-0.15, -0.1) is 0 Å². The third-order valence-electron chi connectivity index (χ3n) is 3.77. The monoisotopic (exact) mass is 342 g/mol. The van der Waals surface area contributed by atoms with Crippen LogP contribution in [0.25, 0.3) is 0 Å². The molecule has 0 spiro atoms. The SMILES string of the molecule is C[C@H](C[NH+]1CC[NH+](C)CC1)OC(=O)c1ccc(Br)cc1. The highest BCUT2D eigenvalue weighted by Crippen LogP contribution is 2.11. The molecule has 20 heavy (non-hydrogen) atoms. The number of carbonyl (C=O) groups is 1. The van der Waals surface area contributed by atoms with Gasteiger partial charge in [0.15, 0.2) is 0 Å². The fraction of sp³-hybridized carbons (Fsp3) is 0.533. The second-order valence-corrected chi connectivity index (χ2v) is 6.55. The quantitative estimate of drug-likeness (QED) is 0.717. The molecule has 0 aliphatic carbocycles. The number of hydrogen-bond acceptors (Lipinski definition) is 2. The Labute approximate surface area is 128 Å². The van der Waals surface area contributed by atoms with Gasteiger partial charge in [-0.1, -0.05) is 15.9 Å². The summed E-state index contributed by atoms with van der Waals surface area (Å²) < 4.78 is 6.49. The van der Waals surface area contributed by atoms with Gasteiger partial charge in [0.1, 0.15) is 38.8 Å². The number of nitrogens with one attached hydrogen (secondary N) is 2. The lowest BCUT2D eigenvalue weighted by Gasteiger charge is -2.28. The first-order valence-electron chi connectivity index (χ1n) is 7.16. The van der Waals surface area contributed by atoms with E-state index in [0.717, 1.165) is 24.1 Å². The minimum Gasteiger partial charge on any atom is -0.453 e. The zero-order valence-corrected chi connectivity index (χ0v) is 13.7. The lowest BCUT2D eigenvalue weighted by molar-refractivity contribution is -1.00. The van der Waals surface area contributed by atoms with E-state index in [1.165, 1.54) is 18.0 Å². The number of carbonyl (C=O) groups excluding carboxylic acids is 1. The highest BCUT2D eigenvalue weighted by Gasteiger charge is 2.23. The standard InChI is InChI=1S/C15H21BrN2O2/c1-12(11-18-9-7-17(2)8-10-18)20-15(19)13-3-5-14(16)6-4-13/h3-6,12H,7-11H2,1-2H3/p+2/t12-/m1/s1. The molecule has 1 heterocycles. The van der Waals surface area contributed by atoms with Gasteiger partial charge in [0.2, 0.25) is 0 Å². The summed E-state index contributed by atoms with van der Waals surface area (Å²) in [5, 5.41) is 0. The van der Waals surface area contributed by atoms with Crippen LogP contribution in [-0.2, 0) is 4.74 Å². The number of quaternary nitrogens is 2. The Hall–Kier alpha value is -0.910. The molecule has 1 aliphatic heterocycles. The Morgan fingerprint density at radius 1 is 1.25 bits per heavy atom. The summed E-state index contributed by atoms with van der Waals surface area (Å²) >= 11 is 3.36. The van der Waals surface area contributed by atoms with Crippen LogP contribution in [0.5, 0.6) is 0 Å². The van der Waals surface area contributed by atoms with Gasteiger partial charge in [-0.2, -0.15) is 0 Å². The first-order valence-corrected chi connectivity index (χ1v) is 7.95. The van der Waals surface area contributed by atoms with Crippen molar-refractivity contribution in [3.05, 3.63) is 34.3 Å². The molecular weight excluding hydrogens is 320 g/mol. The van der Waals surface area contributed by atoms with Crippen molar-refractivity contribution in [2.45, 2.75) is 13.0 Å². The maximum atomic E-state index is 12.0. The maximum absolute atomic E-state index is 12.0. The molecule has 0 unspecified atom stereocenters. The van der Waals surface area contributed by atoms with Crippen molar-refractivity contribution in [2.24, 2.45) is 0 Å². The second kappa shape index (κ2) is 7.20. The molecule has 1 aliphatic rings. The molecule has 0 amide bonds. The number of hydrogen-bond donors (Lipinski definition) is 2. The van der Waals surface area contributed by atoms with E-state index in [1.54, 1.807) is 17.0 Å². The number of ether oxygens (including phenoxy) is 1. The molecule has 2 rings (SSSR count). The van der Waals surface area contributed by atoms with Gasteiger partial charge in [0, 0.05) is 4.47 Å². The zero-order chi connectivity index (χ0) is 14.5. The van der Waals surface area contributed by atoms with Crippen molar-refractivity contribution in [3.8, 4) is 0 Å². The molecule has 110 valence electrons. The van der Waals surface area contributed by atoms with E-state index in [0.29, 0.717) is 5.56 Å². The van der Waals surface area contributed by atoms with E-state index in [9.17, 15) is 4.79 Å². The minimum absolute atomic E-state index is 0.0421. The van der Waals surface area contributed by atoms with Crippen molar-refractivity contribution in [3.63, 3.8) is 0 Å². The van der Waals surface area contributed by atoms with Crippen LogP contribution >= 0.6 is 15.9 Å². The van der Waals surface area contributed by atoms with Crippen LogP contribution in [-0.4, -0.2) is 51.8 Å². The molecule has 1 aromatic rings. The third kappa shape index (κ3) is 4.58. The molecule has 0 radical (unpaired) electrons. The summed E-state index contributed by atoms with van der Waals surface area (Å²) in [6, 6.07) is 7.28. The first kappa shape index (κ1) is 15.5. The lowest BCUT2D eigenvalue weighted by atomic mass is 10.2. The molecule has 0 aromatic heterocycles. The van der Waals surface area contributed by atoms with Crippen molar-refractivity contribution < 1.29 is 19.3 Å². The molecule has 5 heteroatoms. The predicted octanol–water partition coefficient (Wildman–Crippen LogP) is -0.592. The van der Waals surface area contributed by atoms with Crippen LogP contribution in [0.3, 0.4) is 0 Å². The Morgan fingerprint density at radius 3 is 2.45 bits per heavy atom. The van der Waals surface area contributed by atoms with Crippen LogP contribution in [0.4, 0.5) is 0 Å². The van der Waals surface area contributed by atoms with Gasteiger partial charge in [-0.3, -0.25) is 0 Å². The molecular formula is C15H23BrN2O2+2. The molecule has 0 bridgehead atoms. The normalized spacial score (nSPS) is 24.1. The fourth-order valence-electron chi connectivity index (χ4n) is 2.52. The van der Waals surface area contributed by atoms with E-state index in [4.69, 9.17) is 4.74 Å². The molecule has 1 saturated heterocycles. The van der Waals surface area contributed by atoms with E-state index in [-0.39, 0.29) is 12.1 Å². The van der Waals surface area contributed by atoms with Crippen molar-refractivity contribution >= 4 is 21.9 Å². The van der Waals surface area contributed by atoms with E-state index in [1.807, 2.05) is 19.1 Å². The van der Waals surface area contributed by atoms with Crippen LogP contribution in [0.15, 0.2) is 28.7 Å². The maximum Gasteiger partial charge on any atom is 0.338 e. The van der Waals surface area contributed by atoms with Gasteiger partial charge in [-0.05, 0) is 31.2 Å². The zero-order valence-electron chi connectivity index (χ0n) is 12.1. The van der Waals surface area contributed by atoms with E-state index in [2.05, 4.69) is 23.0 Å². The Bertz CT molecular complexity index is 442. The van der Waals surface area contributed by atoms with E-state index < -0.39 is 0 Å². The largest absolute Gasteiger partial charge is 0.453 e. The summed E-state index contributed by atoms with van der Waals surface area (Å²) in [5.41, 5.74) is 0.609. The van der Waals surface area contributed by atoms with Gasteiger partial charge < -0.3 is 14.5 Å². The van der Waals surface area contributed by atoms with Gasteiger partial charge >= 0.3 is 5.97 Å². The Morgan fingerprint density at radius 2 is 1.85 bits per heavy atom. The van der Waals surface area contributed by atoms with Crippen LogP contribution in [0.2, 0.25) is 0 Å². The molecule has 1 atom stereocenters. The van der Waals surface area contributed by atoms with Crippen molar-refractivity contribution in [1.29, 1.82) is 0 Å². The van der Waals surface area contributed by atoms with Gasteiger partial charge in [-0.25, -0.2) is 4.79 Å². The fourth-order valence-corrected chi connectivity index (χ4v) is 2.78. The average molecular weight is 343 g/mol. The third-order valence-corrected chi connectivity index (χ3v) is 4.30. The van der Waals surface area contributed by atoms with Crippen LogP contribution in [0, 0.1) is 0 Å². The number of likely N-dealkylation sites (N-methyl/N-ethyl adjacent to an activating group) is 1.